The Hall–Kier alpha value is -2.59. The van der Waals surface area contributed by atoms with Crippen LogP contribution in [0.15, 0.2) is 69.5 Å². The molecule has 0 aliphatic heterocycles. The zero-order valence-corrected chi connectivity index (χ0v) is 18.8. The Bertz CT molecular complexity index is 1210. The van der Waals surface area contributed by atoms with Gasteiger partial charge in [-0.3, -0.25) is 0 Å². The smallest absolute Gasteiger partial charge is 0.404 e. The highest BCUT2D eigenvalue weighted by atomic mass is 35.5. The Morgan fingerprint density at radius 1 is 1.13 bits per heavy atom. The minimum Gasteiger partial charge on any atom is -0.465 e. The van der Waals surface area contributed by atoms with Gasteiger partial charge in [-0.2, -0.15) is 0 Å². The van der Waals surface area contributed by atoms with Crippen molar-refractivity contribution in [2.75, 3.05) is 6.26 Å². The van der Waals surface area contributed by atoms with Gasteiger partial charge in [-0.15, -0.1) is 0 Å². The average Bonchev–Trinajstić information content (AvgIpc) is 2.73. The maximum absolute atomic E-state index is 11.7. The van der Waals surface area contributed by atoms with Gasteiger partial charge in [0, 0.05) is 29.5 Å². The number of nitrogens with zero attached hydrogens (tertiary/aromatic N) is 1. The van der Waals surface area contributed by atoms with Gasteiger partial charge in [-0.25, -0.2) is 18.2 Å². The van der Waals surface area contributed by atoms with Gasteiger partial charge in [-0.05, 0) is 47.0 Å². The molecule has 2 aromatic carbocycles. The van der Waals surface area contributed by atoms with Crippen molar-refractivity contribution in [1.29, 1.82) is 0 Å². The molecule has 7 nitrogen and oxygen atoms in total. The standard InChI is InChI=1S/C21H19ClN2O5S2/c1-31(28,29)17-6-4-13(5-7-17)15-9-16(11-24-21(26)27)19(18(22)10-15)30-20-14(12-25)3-2-8-23-20/h2-10,24-25H,11-12H2,1H3,(H,26,27). The van der Waals surface area contributed by atoms with Crippen molar-refractivity contribution in [2.45, 2.75) is 28.0 Å². The summed E-state index contributed by atoms with van der Waals surface area (Å²) in [5, 5.41) is 21.9. The summed E-state index contributed by atoms with van der Waals surface area (Å²) in [4.78, 5) is 16.2. The molecule has 1 amide bonds. The van der Waals surface area contributed by atoms with Gasteiger partial charge >= 0.3 is 6.09 Å². The molecule has 3 rings (SSSR count). The quantitative estimate of drug-likeness (QED) is 0.465. The highest BCUT2D eigenvalue weighted by molar-refractivity contribution is 7.99. The first kappa shape index (κ1) is 23.1. The molecule has 0 aliphatic rings. The van der Waals surface area contributed by atoms with Crippen molar-refractivity contribution in [3.8, 4) is 11.1 Å². The van der Waals surface area contributed by atoms with Gasteiger partial charge in [-0.1, -0.05) is 41.6 Å². The maximum atomic E-state index is 11.7. The van der Waals surface area contributed by atoms with Gasteiger partial charge in [0.05, 0.1) is 16.5 Å². The van der Waals surface area contributed by atoms with Crippen molar-refractivity contribution >= 4 is 39.3 Å². The van der Waals surface area contributed by atoms with Crippen LogP contribution in [-0.2, 0) is 23.0 Å². The molecule has 0 bridgehead atoms. The van der Waals surface area contributed by atoms with Crippen LogP contribution < -0.4 is 5.32 Å². The lowest BCUT2D eigenvalue weighted by Gasteiger charge is -2.15. The number of nitrogens with one attached hydrogen (secondary N) is 1. The van der Waals surface area contributed by atoms with Crippen LogP contribution in [-0.4, -0.2) is 36.0 Å². The van der Waals surface area contributed by atoms with Crippen molar-refractivity contribution in [3.05, 3.63) is 70.9 Å². The van der Waals surface area contributed by atoms with Crippen molar-refractivity contribution in [2.24, 2.45) is 0 Å². The summed E-state index contributed by atoms with van der Waals surface area (Å²) >= 11 is 7.80. The molecule has 3 aromatic rings. The number of carboxylic acid groups (broad SMARTS) is 1. The van der Waals surface area contributed by atoms with Crippen LogP contribution in [0.1, 0.15) is 11.1 Å². The van der Waals surface area contributed by atoms with E-state index >= 15 is 0 Å². The lowest BCUT2D eigenvalue weighted by Crippen LogP contribution is -2.20. The number of benzene rings is 2. The number of aromatic nitrogens is 1. The number of hydrogen-bond donors (Lipinski definition) is 3. The second kappa shape index (κ2) is 9.69. The number of rotatable bonds is 7. The van der Waals surface area contributed by atoms with Crippen molar-refractivity contribution in [1.82, 2.24) is 10.3 Å². The molecule has 0 aliphatic carbocycles. The van der Waals surface area contributed by atoms with Crippen molar-refractivity contribution in [3.63, 3.8) is 0 Å². The Balaban J connectivity index is 2.05. The molecule has 0 radical (unpaired) electrons. The number of carbonyl (C=O) groups is 1. The Morgan fingerprint density at radius 2 is 1.84 bits per heavy atom. The molecule has 10 heteroatoms. The summed E-state index contributed by atoms with van der Waals surface area (Å²) in [6.07, 6.45) is 1.56. The molecular weight excluding hydrogens is 460 g/mol. The van der Waals surface area contributed by atoms with Crippen molar-refractivity contribution < 1.29 is 23.4 Å². The van der Waals surface area contributed by atoms with Crippen LogP contribution in [0.3, 0.4) is 0 Å². The van der Waals surface area contributed by atoms with Gasteiger partial charge < -0.3 is 15.5 Å². The van der Waals surface area contributed by atoms with E-state index in [0.717, 1.165) is 11.8 Å². The normalized spacial score (nSPS) is 11.3. The molecule has 3 N–H and O–H groups in total. The molecule has 0 unspecified atom stereocenters. The third kappa shape index (κ3) is 5.76. The fourth-order valence-electron chi connectivity index (χ4n) is 2.86. The molecule has 0 saturated carbocycles. The lowest BCUT2D eigenvalue weighted by atomic mass is 10.0. The van der Waals surface area contributed by atoms with Crippen LogP contribution in [0.4, 0.5) is 4.79 Å². The van der Waals surface area contributed by atoms with Crippen LogP contribution in [0.5, 0.6) is 0 Å². The van der Waals surface area contributed by atoms with E-state index in [9.17, 15) is 18.3 Å². The SMILES string of the molecule is CS(=O)(=O)c1ccc(-c2cc(Cl)c(Sc3ncccc3CO)c(CNC(=O)O)c2)cc1. The van der Waals surface area contributed by atoms with E-state index in [1.165, 1.54) is 23.9 Å². The number of hydrogen-bond acceptors (Lipinski definition) is 6. The number of sulfone groups is 1. The second-order valence-electron chi connectivity index (χ2n) is 6.63. The molecule has 0 spiro atoms. The summed E-state index contributed by atoms with van der Waals surface area (Å²) in [5.41, 5.74) is 2.69. The summed E-state index contributed by atoms with van der Waals surface area (Å²) < 4.78 is 23.4. The van der Waals surface area contributed by atoms with Gasteiger partial charge in [0.1, 0.15) is 5.03 Å². The number of aliphatic hydroxyl groups is 1. The fourth-order valence-corrected chi connectivity index (χ4v) is 4.84. The first-order valence-electron chi connectivity index (χ1n) is 9.01. The third-order valence-corrected chi connectivity index (χ3v) is 7.17. The predicted molar refractivity (Wildman–Crippen MR) is 119 cm³/mol. The lowest BCUT2D eigenvalue weighted by molar-refractivity contribution is 0.194. The zero-order valence-electron chi connectivity index (χ0n) is 16.4. The van der Waals surface area contributed by atoms with Gasteiger partial charge in [0.25, 0.3) is 0 Å². The molecule has 0 fully saturated rings. The van der Waals surface area contributed by atoms with E-state index in [-0.39, 0.29) is 18.0 Å². The zero-order chi connectivity index (χ0) is 22.6. The molecule has 162 valence electrons. The van der Waals surface area contributed by atoms with E-state index < -0.39 is 15.9 Å². The van der Waals surface area contributed by atoms with Crippen LogP contribution in [0, 0.1) is 0 Å². The Morgan fingerprint density at radius 3 is 2.45 bits per heavy atom. The first-order chi connectivity index (χ1) is 14.7. The van der Waals surface area contributed by atoms with Crippen LogP contribution in [0.2, 0.25) is 5.02 Å². The topological polar surface area (TPSA) is 117 Å². The van der Waals surface area contributed by atoms with E-state index in [0.29, 0.717) is 31.6 Å². The number of pyridine rings is 1. The van der Waals surface area contributed by atoms with E-state index in [1.54, 1.807) is 42.6 Å². The highest BCUT2D eigenvalue weighted by Crippen LogP contribution is 2.39. The van der Waals surface area contributed by atoms with E-state index in [4.69, 9.17) is 16.7 Å². The number of halogens is 1. The Kier molecular flexibility index (Phi) is 7.22. The largest absolute Gasteiger partial charge is 0.465 e. The third-order valence-electron chi connectivity index (χ3n) is 4.39. The fraction of sp³-hybridized carbons (Fsp3) is 0.143. The number of amides is 1. The van der Waals surface area contributed by atoms with E-state index in [1.807, 2.05) is 0 Å². The maximum Gasteiger partial charge on any atom is 0.404 e. The number of aliphatic hydroxyl groups excluding tert-OH is 1. The minimum absolute atomic E-state index is 0.00788. The first-order valence-corrected chi connectivity index (χ1v) is 12.1. The monoisotopic (exact) mass is 478 g/mol. The molecular formula is C21H19ClN2O5S2. The molecule has 1 aromatic heterocycles. The molecule has 0 saturated heterocycles. The molecule has 0 atom stereocenters. The molecule has 1 heterocycles. The minimum atomic E-state index is -3.32. The summed E-state index contributed by atoms with van der Waals surface area (Å²) in [6, 6.07) is 13.4. The molecule has 31 heavy (non-hydrogen) atoms. The van der Waals surface area contributed by atoms with Crippen LogP contribution in [0.25, 0.3) is 11.1 Å². The van der Waals surface area contributed by atoms with E-state index in [2.05, 4.69) is 10.3 Å². The van der Waals surface area contributed by atoms with Gasteiger partial charge in [0.15, 0.2) is 9.84 Å². The van der Waals surface area contributed by atoms with Crippen LogP contribution >= 0.6 is 23.4 Å². The predicted octanol–water partition coefficient (Wildman–Crippen LogP) is 4.22. The highest BCUT2D eigenvalue weighted by Gasteiger charge is 2.16. The summed E-state index contributed by atoms with van der Waals surface area (Å²) in [6.45, 7) is -0.185. The average molecular weight is 479 g/mol. The second-order valence-corrected chi connectivity index (χ2v) is 10.1. The van der Waals surface area contributed by atoms with Gasteiger partial charge in [0.2, 0.25) is 0 Å². The Labute approximate surface area is 189 Å². The summed E-state index contributed by atoms with van der Waals surface area (Å²) in [7, 11) is -3.32. The summed E-state index contributed by atoms with van der Waals surface area (Å²) in [5.74, 6) is 0.